The molecule has 14 nitrogen and oxygen atoms in total. The number of hydrogen-bond acceptors (Lipinski definition) is 11. The average Bonchev–Trinajstić information content (AvgIpc) is 4.03. The van der Waals surface area contributed by atoms with E-state index in [2.05, 4.69) is 20.9 Å². The van der Waals surface area contributed by atoms with E-state index in [4.69, 9.17) is 23.5 Å². The van der Waals surface area contributed by atoms with Gasteiger partial charge in [-0.15, -0.1) is 0 Å². The maximum Gasteiger partial charge on any atom is 0.252 e. The smallest absolute Gasteiger partial charge is 0.252 e. The summed E-state index contributed by atoms with van der Waals surface area (Å²) in [7, 11) is 0. The molecule has 4 atom stereocenters. The van der Waals surface area contributed by atoms with E-state index in [9.17, 15) is 24.6 Å². The number of benzene rings is 3. The quantitative estimate of drug-likeness (QED) is 0.115. The number of nitrogens with one attached hydrogen (secondary N) is 4. The fourth-order valence-electron chi connectivity index (χ4n) is 9.75. The standard InChI is InChI=1S/C43H38N6O8/c1-19(2)31-38-48-34-36(57-38)43-24-8-6-7-22(21-10-11-28(51)33-30(21)23(17-44-33)35-27(18-50)45-39(34)56-35)32(24)49-41(43)55-29-12-9-20(15-25(29)43)16-26(37(52)47-31)46-40(53)42(54)13-4-3-5-14-42/h6-12,15,17-19,26,31,41,44,49,51,54H,3-5,13-14,16H2,1-2H3,(H,46,53)(H,47,52)/t26-,31-,41?,43?/m0/s1. The van der Waals surface area contributed by atoms with Gasteiger partial charge in [-0.25, -0.2) is 9.97 Å². The number of aromatic amines is 1. The second-order valence-electron chi connectivity index (χ2n) is 16.2. The van der Waals surface area contributed by atoms with Gasteiger partial charge in [0, 0.05) is 45.9 Å². The topological polar surface area (TPSA) is 205 Å². The SMILES string of the molecule is CC(C)[C@@H]1NC(=O)[C@@H](NC(=O)C2(O)CCCCC2)Cc2ccc3c(c2)C24c5cccc(c5NC2O3)-c2ccc(O)c3[nH]cc(c23)-c2oc(nc2C=O)-c2nc1oc24. The number of anilines is 1. The number of ether oxygens (including phenoxy) is 1. The van der Waals surface area contributed by atoms with E-state index in [0.29, 0.717) is 47.1 Å². The molecule has 11 rings (SSSR count). The predicted octanol–water partition coefficient (Wildman–Crippen LogP) is 6.00. The molecule has 57 heavy (non-hydrogen) atoms. The number of para-hydroxylation sites is 1. The molecule has 1 spiro atoms. The Hall–Kier alpha value is -6.41. The summed E-state index contributed by atoms with van der Waals surface area (Å²) in [5.41, 5.74) is 3.08. The van der Waals surface area contributed by atoms with Gasteiger partial charge in [-0.2, -0.15) is 0 Å². The van der Waals surface area contributed by atoms with Crippen LogP contribution in [0.2, 0.25) is 0 Å². The van der Waals surface area contributed by atoms with Crippen molar-refractivity contribution in [2.45, 2.75) is 81.7 Å². The number of hydrogen-bond donors (Lipinski definition) is 6. The van der Waals surface area contributed by atoms with E-state index in [1.807, 2.05) is 56.3 Å². The van der Waals surface area contributed by atoms with Crippen LogP contribution >= 0.6 is 0 Å². The number of fused-ring (bicyclic) bond motifs is 7. The van der Waals surface area contributed by atoms with Crippen molar-refractivity contribution in [1.29, 1.82) is 0 Å². The Kier molecular flexibility index (Phi) is 7.02. The normalized spacial score (nSPS) is 23.4. The molecule has 288 valence electrons. The minimum Gasteiger partial charge on any atom is -0.506 e. The van der Waals surface area contributed by atoms with Crippen molar-refractivity contribution in [2.24, 2.45) is 5.92 Å². The van der Waals surface area contributed by atoms with E-state index in [1.165, 1.54) is 0 Å². The second-order valence-corrected chi connectivity index (χ2v) is 16.2. The Morgan fingerprint density at radius 1 is 1.00 bits per heavy atom. The zero-order valence-corrected chi connectivity index (χ0v) is 31.1. The molecule has 1 saturated carbocycles. The third-order valence-corrected chi connectivity index (χ3v) is 12.6. The average molecular weight is 767 g/mol. The summed E-state index contributed by atoms with van der Waals surface area (Å²) < 4.78 is 20.4. The highest BCUT2D eigenvalue weighted by atomic mass is 16.5. The van der Waals surface area contributed by atoms with Crippen molar-refractivity contribution in [3.63, 3.8) is 0 Å². The molecule has 0 saturated heterocycles. The van der Waals surface area contributed by atoms with Gasteiger partial charge < -0.3 is 44.7 Å². The highest BCUT2D eigenvalue weighted by Crippen LogP contribution is 2.61. The number of aliphatic hydroxyl groups is 1. The van der Waals surface area contributed by atoms with Crippen LogP contribution in [0, 0.1) is 5.92 Å². The zero-order valence-electron chi connectivity index (χ0n) is 31.1. The molecule has 3 aromatic carbocycles. The molecule has 7 heterocycles. The Bertz CT molecular complexity index is 2720. The summed E-state index contributed by atoms with van der Waals surface area (Å²) in [6.07, 6.45) is 4.71. The molecule has 1 fully saturated rings. The molecule has 6 N–H and O–H groups in total. The van der Waals surface area contributed by atoms with Crippen molar-refractivity contribution in [3.05, 3.63) is 88.8 Å². The number of aldehydes is 1. The number of phenolic OH excluding ortho intramolecular Hbond substituents is 1. The minimum absolute atomic E-state index is 0.0191. The van der Waals surface area contributed by atoms with Crippen molar-refractivity contribution < 1.29 is 38.2 Å². The number of rotatable bonds is 4. The third-order valence-electron chi connectivity index (χ3n) is 12.6. The highest BCUT2D eigenvalue weighted by Gasteiger charge is 2.62. The van der Waals surface area contributed by atoms with Crippen LogP contribution in [0.4, 0.5) is 5.69 Å². The molecule has 3 aromatic heterocycles. The fourth-order valence-corrected chi connectivity index (χ4v) is 9.75. The first-order valence-corrected chi connectivity index (χ1v) is 19.4. The lowest BCUT2D eigenvalue weighted by Crippen LogP contribution is -2.56. The predicted molar refractivity (Wildman–Crippen MR) is 206 cm³/mol. The Morgan fingerprint density at radius 2 is 1.84 bits per heavy atom. The summed E-state index contributed by atoms with van der Waals surface area (Å²) in [4.78, 5) is 53.9. The van der Waals surface area contributed by atoms with Gasteiger partial charge in [0.25, 0.3) is 5.91 Å². The van der Waals surface area contributed by atoms with Crippen molar-refractivity contribution >= 4 is 34.7 Å². The number of carbonyl (C=O) groups is 3. The maximum atomic E-state index is 14.4. The molecule has 5 aliphatic rings. The lowest BCUT2D eigenvalue weighted by molar-refractivity contribution is -0.145. The van der Waals surface area contributed by atoms with Crippen LogP contribution in [0.3, 0.4) is 0 Å². The van der Waals surface area contributed by atoms with Crippen LogP contribution in [0.1, 0.15) is 90.8 Å². The van der Waals surface area contributed by atoms with Gasteiger partial charge in [-0.1, -0.05) is 63.4 Å². The highest BCUT2D eigenvalue weighted by molar-refractivity contribution is 6.10. The van der Waals surface area contributed by atoms with Crippen LogP contribution in [-0.4, -0.2) is 61.1 Å². The Morgan fingerprint density at radius 3 is 2.65 bits per heavy atom. The van der Waals surface area contributed by atoms with Crippen molar-refractivity contribution in [2.75, 3.05) is 5.32 Å². The number of aromatic hydroxyl groups is 1. The minimum atomic E-state index is -1.56. The van der Waals surface area contributed by atoms with E-state index in [0.717, 1.165) is 52.8 Å². The number of amides is 2. The van der Waals surface area contributed by atoms with E-state index in [1.54, 1.807) is 12.3 Å². The third kappa shape index (κ3) is 4.58. The van der Waals surface area contributed by atoms with Gasteiger partial charge in [-0.3, -0.25) is 14.4 Å². The number of H-pyrrole nitrogens is 1. The van der Waals surface area contributed by atoms with E-state index in [-0.39, 0.29) is 47.0 Å². The van der Waals surface area contributed by atoms with Gasteiger partial charge in [0.05, 0.1) is 5.52 Å². The monoisotopic (exact) mass is 766 g/mol. The molecule has 1 aliphatic carbocycles. The molecule has 14 heteroatoms. The summed E-state index contributed by atoms with van der Waals surface area (Å²) in [5, 5.41) is 32.8. The first-order valence-electron chi connectivity index (χ1n) is 19.4. The molecule has 10 bridgehead atoms. The van der Waals surface area contributed by atoms with Gasteiger partial charge in [0.2, 0.25) is 17.7 Å². The molecule has 2 amide bonds. The molecule has 0 radical (unpaired) electrons. The van der Waals surface area contributed by atoms with Crippen molar-refractivity contribution in [3.8, 4) is 45.5 Å². The van der Waals surface area contributed by atoms with Crippen LogP contribution in [0.15, 0.2) is 63.6 Å². The zero-order chi connectivity index (χ0) is 39.0. The summed E-state index contributed by atoms with van der Waals surface area (Å²) in [6, 6.07) is 13.3. The fraction of sp³-hybridized carbons (Fsp3) is 0.326. The molecular weight excluding hydrogens is 729 g/mol. The Labute approximate surface area is 325 Å². The summed E-state index contributed by atoms with van der Waals surface area (Å²) in [6.45, 7) is 3.86. The van der Waals surface area contributed by atoms with Crippen LogP contribution < -0.4 is 20.7 Å². The van der Waals surface area contributed by atoms with E-state index < -0.39 is 41.1 Å². The number of nitrogens with zero attached hydrogens (tertiary/aromatic N) is 2. The van der Waals surface area contributed by atoms with Gasteiger partial charge in [-0.05, 0) is 48.1 Å². The molecular formula is C43H38N6O8. The lowest BCUT2D eigenvalue weighted by atomic mass is 9.72. The first kappa shape index (κ1) is 33.9. The number of aromatic nitrogens is 3. The molecule has 2 unspecified atom stereocenters. The van der Waals surface area contributed by atoms with Crippen molar-refractivity contribution in [1.82, 2.24) is 25.6 Å². The Balaban J connectivity index is 1.20. The number of carbonyl (C=O) groups excluding carboxylic acids is 3. The van der Waals surface area contributed by atoms with Gasteiger partial charge in [0.1, 0.15) is 34.6 Å². The molecule has 6 aromatic rings. The van der Waals surface area contributed by atoms with Gasteiger partial charge in [0.15, 0.2) is 35.4 Å². The van der Waals surface area contributed by atoms with Gasteiger partial charge >= 0.3 is 0 Å². The van der Waals surface area contributed by atoms with Crippen LogP contribution in [0.5, 0.6) is 11.5 Å². The van der Waals surface area contributed by atoms with E-state index >= 15 is 0 Å². The largest absolute Gasteiger partial charge is 0.506 e. The number of phenols is 1. The summed E-state index contributed by atoms with van der Waals surface area (Å²) >= 11 is 0. The first-order chi connectivity index (χ1) is 27.6. The maximum absolute atomic E-state index is 14.4. The second kappa shape index (κ2) is 11.8. The van der Waals surface area contributed by atoms with Crippen LogP contribution in [0.25, 0.3) is 44.9 Å². The lowest BCUT2D eigenvalue weighted by Gasteiger charge is -2.33. The number of oxazole rings is 2. The molecule has 4 aliphatic heterocycles. The van der Waals surface area contributed by atoms with Crippen LogP contribution in [-0.2, 0) is 21.4 Å². The summed E-state index contributed by atoms with van der Waals surface area (Å²) in [5.74, 6) is 0.0362.